The molecule has 0 heterocycles. The second kappa shape index (κ2) is 13.7. The predicted octanol–water partition coefficient (Wildman–Crippen LogP) is 6.36. The van der Waals surface area contributed by atoms with Crippen molar-refractivity contribution in [2.75, 3.05) is 10.8 Å². The monoisotopic (exact) mass is 615 g/mol. The standard InChI is InChI=1S/C31H35Cl2N3O4S/c1-3-28(31(38)34-25-12-8-9-13-25)35(20-23-17-18-24(32)19-27(23)33)30(37)21-36(29-16-10-7-11-22(29)2)41(39,40)26-14-5-4-6-15-26/h4-7,10-11,14-19,25,28H,3,8-9,12-13,20-21H2,1-2H3,(H,34,38). The Bertz CT molecular complexity index is 1480. The van der Waals surface area contributed by atoms with Crippen molar-refractivity contribution in [2.45, 2.75) is 69.5 Å². The van der Waals surface area contributed by atoms with Crippen LogP contribution in [0, 0.1) is 6.92 Å². The van der Waals surface area contributed by atoms with E-state index in [1.54, 1.807) is 61.5 Å². The summed E-state index contributed by atoms with van der Waals surface area (Å²) in [5.41, 5.74) is 1.68. The van der Waals surface area contributed by atoms with Crippen LogP contribution >= 0.6 is 23.2 Å². The summed E-state index contributed by atoms with van der Waals surface area (Å²) in [6.45, 7) is 3.14. The zero-order valence-corrected chi connectivity index (χ0v) is 25.6. The number of nitrogens with zero attached hydrogens (tertiary/aromatic N) is 2. The highest BCUT2D eigenvalue weighted by Crippen LogP contribution is 2.29. The Balaban J connectivity index is 1.73. The molecule has 3 aromatic carbocycles. The molecule has 1 aliphatic rings. The van der Waals surface area contributed by atoms with Crippen LogP contribution in [0.15, 0.2) is 77.7 Å². The van der Waals surface area contributed by atoms with Gasteiger partial charge in [0.1, 0.15) is 12.6 Å². The molecule has 3 aromatic rings. The molecule has 0 bridgehead atoms. The first-order valence-corrected chi connectivity index (χ1v) is 16.0. The molecule has 2 amide bonds. The molecule has 0 spiro atoms. The van der Waals surface area contributed by atoms with Crippen molar-refractivity contribution in [3.63, 3.8) is 0 Å². The van der Waals surface area contributed by atoms with Crippen molar-refractivity contribution in [3.8, 4) is 0 Å². The third-order valence-electron chi connectivity index (χ3n) is 7.44. The summed E-state index contributed by atoms with van der Waals surface area (Å²) in [6.07, 6.45) is 4.23. The lowest BCUT2D eigenvalue weighted by Crippen LogP contribution is -2.53. The number of anilines is 1. The SMILES string of the molecule is CCC(C(=O)NC1CCCC1)N(Cc1ccc(Cl)cc1Cl)C(=O)CN(c1ccccc1C)S(=O)(=O)c1ccccc1. The molecule has 1 aliphatic carbocycles. The Kier molecular flexibility index (Phi) is 10.3. The van der Waals surface area contributed by atoms with Gasteiger partial charge in [0.2, 0.25) is 11.8 Å². The van der Waals surface area contributed by atoms with Crippen LogP contribution in [0.2, 0.25) is 10.0 Å². The molecule has 0 aromatic heterocycles. The van der Waals surface area contributed by atoms with Crippen LogP contribution in [0.3, 0.4) is 0 Å². The third-order valence-corrected chi connectivity index (χ3v) is 9.80. The number of benzene rings is 3. The molecule has 0 aliphatic heterocycles. The fourth-order valence-electron chi connectivity index (χ4n) is 5.20. The second-order valence-corrected chi connectivity index (χ2v) is 13.0. The van der Waals surface area contributed by atoms with Crippen LogP contribution in [0.4, 0.5) is 5.69 Å². The van der Waals surface area contributed by atoms with Gasteiger partial charge in [-0.25, -0.2) is 8.42 Å². The zero-order chi connectivity index (χ0) is 29.6. The first kappa shape index (κ1) is 30.9. The van der Waals surface area contributed by atoms with E-state index in [2.05, 4.69) is 5.32 Å². The van der Waals surface area contributed by atoms with Gasteiger partial charge in [0.25, 0.3) is 10.0 Å². The molecule has 218 valence electrons. The minimum atomic E-state index is -4.12. The smallest absolute Gasteiger partial charge is 0.264 e. The van der Waals surface area contributed by atoms with Crippen molar-refractivity contribution in [2.24, 2.45) is 0 Å². The molecule has 0 radical (unpaired) electrons. The topological polar surface area (TPSA) is 86.8 Å². The van der Waals surface area contributed by atoms with Gasteiger partial charge in [-0.15, -0.1) is 0 Å². The lowest BCUT2D eigenvalue weighted by molar-refractivity contribution is -0.140. The molecule has 7 nitrogen and oxygen atoms in total. The molecular weight excluding hydrogens is 581 g/mol. The summed E-state index contributed by atoms with van der Waals surface area (Å²) < 4.78 is 29.0. The van der Waals surface area contributed by atoms with E-state index in [1.165, 1.54) is 17.0 Å². The maximum atomic E-state index is 14.2. The number of rotatable bonds is 11. The average Bonchev–Trinajstić information content (AvgIpc) is 3.46. The van der Waals surface area contributed by atoms with Crippen LogP contribution in [-0.4, -0.2) is 43.8 Å². The molecule has 10 heteroatoms. The van der Waals surface area contributed by atoms with Crippen molar-refractivity contribution in [3.05, 3.63) is 94.0 Å². The maximum absolute atomic E-state index is 14.2. The van der Waals surface area contributed by atoms with Crippen molar-refractivity contribution >= 4 is 50.7 Å². The Labute approximate surface area is 252 Å². The maximum Gasteiger partial charge on any atom is 0.264 e. The number of carbonyl (C=O) groups excluding carboxylic acids is 2. The van der Waals surface area contributed by atoms with E-state index in [0.717, 1.165) is 30.0 Å². The van der Waals surface area contributed by atoms with Crippen molar-refractivity contribution in [1.82, 2.24) is 10.2 Å². The Morgan fingerprint density at radius 2 is 1.63 bits per heavy atom. The number of hydrogen-bond acceptors (Lipinski definition) is 4. The molecule has 1 unspecified atom stereocenters. The molecule has 1 N–H and O–H groups in total. The van der Waals surface area contributed by atoms with E-state index in [0.29, 0.717) is 33.3 Å². The summed E-state index contributed by atoms with van der Waals surface area (Å²) in [5, 5.41) is 3.91. The van der Waals surface area contributed by atoms with E-state index in [4.69, 9.17) is 23.2 Å². The van der Waals surface area contributed by atoms with Gasteiger partial charge in [-0.1, -0.05) is 85.4 Å². The van der Waals surface area contributed by atoms with Gasteiger partial charge >= 0.3 is 0 Å². The van der Waals surface area contributed by atoms with E-state index in [-0.39, 0.29) is 23.4 Å². The highest BCUT2D eigenvalue weighted by Gasteiger charge is 2.35. The minimum Gasteiger partial charge on any atom is -0.352 e. The highest BCUT2D eigenvalue weighted by molar-refractivity contribution is 7.92. The first-order chi connectivity index (χ1) is 19.6. The van der Waals surface area contributed by atoms with Crippen LogP contribution < -0.4 is 9.62 Å². The molecule has 41 heavy (non-hydrogen) atoms. The summed E-state index contributed by atoms with van der Waals surface area (Å²) >= 11 is 12.6. The number of carbonyl (C=O) groups is 2. The average molecular weight is 617 g/mol. The van der Waals surface area contributed by atoms with Crippen LogP contribution in [0.1, 0.15) is 50.2 Å². The fourth-order valence-corrected chi connectivity index (χ4v) is 7.16. The van der Waals surface area contributed by atoms with Gasteiger partial charge in [0, 0.05) is 22.6 Å². The number of hydrogen-bond donors (Lipinski definition) is 1. The van der Waals surface area contributed by atoms with E-state index >= 15 is 0 Å². The summed E-state index contributed by atoms with van der Waals surface area (Å²) in [5.74, 6) is -0.779. The van der Waals surface area contributed by atoms with Crippen LogP contribution in [0.5, 0.6) is 0 Å². The fraction of sp³-hybridized carbons (Fsp3) is 0.355. The van der Waals surface area contributed by atoms with Crippen molar-refractivity contribution in [1.29, 1.82) is 0 Å². The van der Waals surface area contributed by atoms with Crippen molar-refractivity contribution < 1.29 is 18.0 Å². The Morgan fingerprint density at radius 1 is 0.976 bits per heavy atom. The Morgan fingerprint density at radius 3 is 2.27 bits per heavy atom. The lowest BCUT2D eigenvalue weighted by atomic mass is 10.1. The van der Waals surface area contributed by atoms with Gasteiger partial charge in [-0.05, 0) is 67.6 Å². The molecule has 4 rings (SSSR count). The Hall–Kier alpha value is -3.07. The number of aryl methyl sites for hydroxylation is 1. The van der Waals surface area contributed by atoms with E-state index in [9.17, 15) is 18.0 Å². The summed E-state index contributed by atoms with van der Waals surface area (Å²) in [4.78, 5) is 29.3. The van der Waals surface area contributed by atoms with E-state index < -0.39 is 28.5 Å². The molecule has 1 saturated carbocycles. The molecule has 1 fully saturated rings. The number of nitrogens with one attached hydrogen (secondary N) is 1. The number of sulfonamides is 1. The van der Waals surface area contributed by atoms with Gasteiger partial charge in [-0.2, -0.15) is 0 Å². The number of para-hydroxylation sites is 1. The quantitative estimate of drug-likeness (QED) is 0.272. The predicted molar refractivity (Wildman–Crippen MR) is 164 cm³/mol. The van der Waals surface area contributed by atoms with Gasteiger partial charge in [0.05, 0.1) is 10.6 Å². The highest BCUT2D eigenvalue weighted by atomic mass is 35.5. The second-order valence-electron chi connectivity index (χ2n) is 10.3. The molecule has 0 saturated heterocycles. The van der Waals surface area contributed by atoms with Crippen LogP contribution in [0.25, 0.3) is 0 Å². The number of amides is 2. The lowest BCUT2D eigenvalue weighted by Gasteiger charge is -2.34. The van der Waals surface area contributed by atoms with Crippen LogP contribution in [-0.2, 0) is 26.2 Å². The summed E-state index contributed by atoms with van der Waals surface area (Å²) in [7, 11) is -4.12. The van der Waals surface area contributed by atoms with Gasteiger partial charge in [-0.3, -0.25) is 13.9 Å². The first-order valence-electron chi connectivity index (χ1n) is 13.8. The normalized spacial score (nSPS) is 14.4. The van der Waals surface area contributed by atoms with Gasteiger partial charge in [0.15, 0.2) is 0 Å². The number of halogens is 2. The third kappa shape index (κ3) is 7.42. The molecule has 1 atom stereocenters. The van der Waals surface area contributed by atoms with E-state index in [1.807, 2.05) is 13.0 Å². The zero-order valence-electron chi connectivity index (χ0n) is 23.2. The summed E-state index contributed by atoms with van der Waals surface area (Å²) in [6, 6.07) is 19.2. The molecular formula is C31H35Cl2N3O4S. The van der Waals surface area contributed by atoms with Gasteiger partial charge < -0.3 is 10.2 Å². The largest absolute Gasteiger partial charge is 0.352 e. The minimum absolute atomic E-state index is 0.0123.